The van der Waals surface area contributed by atoms with Crippen molar-refractivity contribution < 1.29 is 8.42 Å². The molecule has 2 rings (SSSR count). The van der Waals surface area contributed by atoms with Crippen molar-refractivity contribution in [3.63, 3.8) is 0 Å². The van der Waals surface area contributed by atoms with Gasteiger partial charge in [0.15, 0.2) is 0 Å². The van der Waals surface area contributed by atoms with Crippen LogP contribution in [0.3, 0.4) is 0 Å². The second-order valence-electron chi connectivity index (χ2n) is 5.47. The Morgan fingerprint density at radius 3 is 2.26 bits per heavy atom. The summed E-state index contributed by atoms with van der Waals surface area (Å²) in [5, 5.41) is 4.40. The number of nitrogens with zero attached hydrogens (tertiary/aromatic N) is 2. The van der Waals surface area contributed by atoms with Crippen LogP contribution in [0.1, 0.15) is 56.5 Å². The molecule has 1 aliphatic carbocycles. The van der Waals surface area contributed by atoms with Gasteiger partial charge in [-0.25, -0.2) is 8.42 Å². The van der Waals surface area contributed by atoms with Crippen molar-refractivity contribution in [2.45, 2.75) is 63.8 Å². The standard InChI is InChI=1S/C13H21ClN2O2S/c1-4-11-5-7-12(8-6-11)16-10(3)13(9(2)15-16)19(14,17)18/h11-12H,4-8H2,1-3H3. The molecule has 1 heterocycles. The van der Waals surface area contributed by atoms with E-state index in [9.17, 15) is 8.42 Å². The molecule has 0 spiro atoms. The second-order valence-corrected chi connectivity index (χ2v) is 7.97. The topological polar surface area (TPSA) is 52.0 Å². The fourth-order valence-electron chi connectivity index (χ4n) is 3.15. The minimum Gasteiger partial charge on any atom is -0.265 e. The fourth-order valence-corrected chi connectivity index (χ4v) is 4.66. The van der Waals surface area contributed by atoms with E-state index in [2.05, 4.69) is 12.0 Å². The smallest absolute Gasteiger partial charge is 0.264 e. The molecule has 1 aromatic heterocycles. The molecule has 0 amide bonds. The maximum Gasteiger partial charge on any atom is 0.264 e. The molecule has 0 unspecified atom stereocenters. The summed E-state index contributed by atoms with van der Waals surface area (Å²) in [4.78, 5) is 0.187. The van der Waals surface area contributed by atoms with Crippen LogP contribution in [0, 0.1) is 19.8 Å². The van der Waals surface area contributed by atoms with Gasteiger partial charge in [0.05, 0.1) is 17.4 Å². The summed E-state index contributed by atoms with van der Waals surface area (Å²) < 4.78 is 25.0. The SMILES string of the molecule is CCC1CCC(n2nc(C)c(S(=O)(=O)Cl)c2C)CC1. The first-order chi connectivity index (χ1) is 8.84. The van der Waals surface area contributed by atoms with Crippen LogP contribution < -0.4 is 0 Å². The Morgan fingerprint density at radius 1 is 1.26 bits per heavy atom. The second kappa shape index (κ2) is 5.44. The van der Waals surface area contributed by atoms with E-state index in [1.807, 2.05) is 4.68 Å². The van der Waals surface area contributed by atoms with E-state index in [0.29, 0.717) is 17.4 Å². The van der Waals surface area contributed by atoms with E-state index in [1.54, 1.807) is 13.8 Å². The molecule has 0 bridgehead atoms. The quantitative estimate of drug-likeness (QED) is 0.802. The van der Waals surface area contributed by atoms with Crippen LogP contribution in [0.25, 0.3) is 0 Å². The van der Waals surface area contributed by atoms with E-state index in [4.69, 9.17) is 10.7 Å². The van der Waals surface area contributed by atoms with E-state index in [-0.39, 0.29) is 4.90 Å². The molecule has 0 saturated heterocycles. The lowest BCUT2D eigenvalue weighted by atomic mass is 9.84. The molecule has 19 heavy (non-hydrogen) atoms. The van der Waals surface area contributed by atoms with Crippen LogP contribution in [0.15, 0.2) is 4.90 Å². The van der Waals surface area contributed by atoms with Crippen LogP contribution in [0.4, 0.5) is 0 Å². The number of aryl methyl sites for hydroxylation is 1. The molecule has 4 nitrogen and oxygen atoms in total. The third-order valence-electron chi connectivity index (χ3n) is 4.24. The van der Waals surface area contributed by atoms with Gasteiger partial charge in [0.1, 0.15) is 4.90 Å². The first kappa shape index (κ1) is 14.9. The van der Waals surface area contributed by atoms with Gasteiger partial charge in [-0.1, -0.05) is 13.3 Å². The van der Waals surface area contributed by atoms with Crippen LogP contribution in [-0.4, -0.2) is 18.2 Å². The molecular formula is C13H21ClN2O2S. The molecule has 0 radical (unpaired) electrons. The Kier molecular flexibility index (Phi) is 4.26. The van der Waals surface area contributed by atoms with Gasteiger partial charge in [-0.15, -0.1) is 0 Å². The summed E-state index contributed by atoms with van der Waals surface area (Å²) in [5.41, 5.74) is 1.18. The number of hydrogen-bond donors (Lipinski definition) is 0. The Morgan fingerprint density at radius 2 is 1.84 bits per heavy atom. The van der Waals surface area contributed by atoms with Crippen molar-refractivity contribution in [1.82, 2.24) is 9.78 Å². The summed E-state index contributed by atoms with van der Waals surface area (Å²) in [6.45, 7) is 5.73. The Labute approximate surface area is 119 Å². The van der Waals surface area contributed by atoms with Gasteiger partial charge in [0, 0.05) is 10.7 Å². The third kappa shape index (κ3) is 2.97. The molecule has 0 aromatic carbocycles. The molecule has 0 N–H and O–H groups in total. The van der Waals surface area contributed by atoms with Crippen LogP contribution in [0.5, 0.6) is 0 Å². The minimum atomic E-state index is -3.71. The van der Waals surface area contributed by atoms with Gasteiger partial charge in [-0.05, 0) is 45.4 Å². The first-order valence-corrected chi connectivity index (χ1v) is 9.15. The molecule has 1 saturated carbocycles. The van der Waals surface area contributed by atoms with Gasteiger partial charge in [0.2, 0.25) is 0 Å². The number of rotatable bonds is 3. The van der Waals surface area contributed by atoms with Gasteiger partial charge in [0.25, 0.3) is 9.05 Å². The van der Waals surface area contributed by atoms with E-state index in [0.717, 1.165) is 18.8 Å². The predicted octanol–water partition coefficient (Wildman–Crippen LogP) is 3.57. The van der Waals surface area contributed by atoms with Crippen LogP contribution in [-0.2, 0) is 9.05 Å². The molecule has 1 aliphatic rings. The molecule has 1 aromatic rings. The normalized spacial score (nSPS) is 24.6. The van der Waals surface area contributed by atoms with Crippen LogP contribution in [0.2, 0.25) is 0 Å². The minimum absolute atomic E-state index is 0.187. The Hall–Kier alpha value is -0.550. The average molecular weight is 305 g/mol. The van der Waals surface area contributed by atoms with E-state index in [1.165, 1.54) is 19.3 Å². The summed E-state index contributed by atoms with van der Waals surface area (Å²) >= 11 is 0. The van der Waals surface area contributed by atoms with Gasteiger partial charge in [-0.2, -0.15) is 5.10 Å². The first-order valence-electron chi connectivity index (χ1n) is 6.85. The molecule has 6 heteroatoms. The van der Waals surface area contributed by atoms with Gasteiger partial charge in [-0.3, -0.25) is 4.68 Å². The monoisotopic (exact) mass is 304 g/mol. The third-order valence-corrected chi connectivity index (χ3v) is 5.78. The summed E-state index contributed by atoms with van der Waals surface area (Å²) in [6.07, 6.45) is 5.76. The summed E-state index contributed by atoms with van der Waals surface area (Å²) in [7, 11) is 1.78. The summed E-state index contributed by atoms with van der Waals surface area (Å²) in [5.74, 6) is 0.810. The van der Waals surface area contributed by atoms with Crippen molar-refractivity contribution in [3.8, 4) is 0 Å². The lowest BCUT2D eigenvalue weighted by Crippen LogP contribution is -2.19. The highest BCUT2D eigenvalue weighted by molar-refractivity contribution is 8.13. The largest absolute Gasteiger partial charge is 0.265 e. The summed E-state index contributed by atoms with van der Waals surface area (Å²) in [6, 6.07) is 0.314. The van der Waals surface area contributed by atoms with Gasteiger partial charge < -0.3 is 0 Å². The zero-order chi connectivity index (χ0) is 14.2. The molecule has 108 valence electrons. The molecule has 0 atom stereocenters. The lowest BCUT2D eigenvalue weighted by Gasteiger charge is -2.28. The van der Waals surface area contributed by atoms with Crippen molar-refractivity contribution in [1.29, 1.82) is 0 Å². The van der Waals surface area contributed by atoms with Crippen LogP contribution >= 0.6 is 10.7 Å². The maximum absolute atomic E-state index is 11.6. The highest BCUT2D eigenvalue weighted by Gasteiger charge is 2.28. The van der Waals surface area contributed by atoms with E-state index >= 15 is 0 Å². The molecule has 0 aliphatic heterocycles. The maximum atomic E-state index is 11.6. The number of aromatic nitrogens is 2. The number of hydrogen-bond acceptors (Lipinski definition) is 3. The fraction of sp³-hybridized carbons (Fsp3) is 0.769. The highest BCUT2D eigenvalue weighted by atomic mass is 35.7. The Balaban J connectivity index is 2.28. The van der Waals surface area contributed by atoms with Crippen molar-refractivity contribution >= 4 is 19.7 Å². The van der Waals surface area contributed by atoms with Crippen molar-refractivity contribution in [2.24, 2.45) is 5.92 Å². The Bertz CT molecular complexity index is 557. The lowest BCUT2D eigenvalue weighted by molar-refractivity contribution is 0.253. The molecule has 1 fully saturated rings. The zero-order valence-corrected chi connectivity index (χ0v) is 13.3. The average Bonchev–Trinajstić information content (AvgIpc) is 2.64. The van der Waals surface area contributed by atoms with Crippen molar-refractivity contribution in [3.05, 3.63) is 11.4 Å². The zero-order valence-electron chi connectivity index (χ0n) is 11.7. The van der Waals surface area contributed by atoms with Gasteiger partial charge >= 0.3 is 0 Å². The predicted molar refractivity (Wildman–Crippen MR) is 76.0 cm³/mol. The molecular weight excluding hydrogens is 284 g/mol. The van der Waals surface area contributed by atoms with Crippen molar-refractivity contribution in [2.75, 3.05) is 0 Å². The van der Waals surface area contributed by atoms with E-state index < -0.39 is 9.05 Å². The highest BCUT2D eigenvalue weighted by Crippen LogP contribution is 2.35. The number of halogens is 1.